The summed E-state index contributed by atoms with van der Waals surface area (Å²) in [5.41, 5.74) is 3.25. The number of rotatable bonds is 2. The van der Waals surface area contributed by atoms with Crippen LogP contribution in [0.3, 0.4) is 0 Å². The van der Waals surface area contributed by atoms with Crippen molar-refractivity contribution in [3.05, 3.63) is 42.5 Å². The second kappa shape index (κ2) is 4.78. The molecule has 0 radical (unpaired) electrons. The first-order valence-electron chi connectivity index (χ1n) is 9.51. The van der Waals surface area contributed by atoms with Crippen molar-refractivity contribution < 1.29 is 4.42 Å². The van der Waals surface area contributed by atoms with Gasteiger partial charge in [-0.1, -0.05) is 18.2 Å². The molecule has 0 unspecified atom stereocenters. The maximum absolute atomic E-state index is 5.96. The topological polar surface area (TPSA) is 25.2 Å². The average molecular weight is 317 g/mol. The lowest BCUT2D eigenvalue weighted by molar-refractivity contribution is 0.00754. The van der Waals surface area contributed by atoms with E-state index in [0.29, 0.717) is 6.04 Å². The molecule has 0 saturated heterocycles. The fourth-order valence-electron chi connectivity index (χ4n) is 6.17. The molecule has 2 heteroatoms. The molecule has 7 rings (SSSR count). The van der Waals surface area contributed by atoms with Gasteiger partial charge in [-0.25, -0.2) is 0 Å². The molecule has 2 aromatic carbocycles. The van der Waals surface area contributed by atoms with E-state index in [1.54, 1.807) is 0 Å². The SMILES string of the molecule is c1ccc2c(c1)oc1ccc(NC3C4CC5CC(C4)CC3C5)cc12. The van der Waals surface area contributed by atoms with Crippen molar-refractivity contribution in [1.82, 2.24) is 0 Å². The number of fused-ring (bicyclic) bond motifs is 3. The summed E-state index contributed by atoms with van der Waals surface area (Å²) in [7, 11) is 0. The van der Waals surface area contributed by atoms with Crippen LogP contribution in [0.1, 0.15) is 32.1 Å². The van der Waals surface area contributed by atoms with E-state index in [1.807, 2.05) is 6.07 Å². The van der Waals surface area contributed by atoms with Crippen LogP contribution < -0.4 is 5.32 Å². The Labute approximate surface area is 142 Å². The Morgan fingerprint density at radius 1 is 0.750 bits per heavy atom. The Morgan fingerprint density at radius 3 is 2.25 bits per heavy atom. The van der Waals surface area contributed by atoms with E-state index in [-0.39, 0.29) is 0 Å². The molecule has 0 aliphatic heterocycles. The van der Waals surface area contributed by atoms with Gasteiger partial charge in [0.15, 0.2) is 0 Å². The highest BCUT2D eigenvalue weighted by Gasteiger charge is 2.48. The molecule has 4 saturated carbocycles. The highest BCUT2D eigenvalue weighted by molar-refractivity contribution is 6.05. The number of para-hydroxylation sites is 1. The Hall–Kier alpha value is -1.96. The fraction of sp³-hybridized carbons (Fsp3) is 0.455. The maximum atomic E-state index is 5.96. The third-order valence-electron chi connectivity index (χ3n) is 6.94. The van der Waals surface area contributed by atoms with Crippen LogP contribution in [0.15, 0.2) is 46.9 Å². The number of furan rings is 1. The Kier molecular flexibility index (Phi) is 2.66. The third-order valence-corrected chi connectivity index (χ3v) is 6.94. The minimum atomic E-state index is 0.688. The second-order valence-corrected chi connectivity index (χ2v) is 8.41. The summed E-state index contributed by atoms with van der Waals surface area (Å²) in [6.45, 7) is 0. The monoisotopic (exact) mass is 317 g/mol. The van der Waals surface area contributed by atoms with Crippen molar-refractivity contribution in [2.24, 2.45) is 23.7 Å². The van der Waals surface area contributed by atoms with Gasteiger partial charge in [-0.15, -0.1) is 0 Å². The Bertz CT molecular complexity index is 896. The maximum Gasteiger partial charge on any atom is 0.135 e. The molecule has 4 aliphatic carbocycles. The van der Waals surface area contributed by atoms with E-state index in [1.165, 1.54) is 48.6 Å². The van der Waals surface area contributed by atoms with Gasteiger partial charge < -0.3 is 9.73 Å². The normalized spacial score (nSPS) is 34.2. The van der Waals surface area contributed by atoms with Crippen LogP contribution in [0.2, 0.25) is 0 Å². The highest BCUT2D eigenvalue weighted by Crippen LogP contribution is 2.54. The summed E-state index contributed by atoms with van der Waals surface area (Å²) in [4.78, 5) is 0. The molecule has 122 valence electrons. The molecule has 4 bridgehead atoms. The van der Waals surface area contributed by atoms with E-state index in [9.17, 15) is 0 Å². The molecule has 4 fully saturated rings. The van der Waals surface area contributed by atoms with Gasteiger partial charge in [0.25, 0.3) is 0 Å². The zero-order chi connectivity index (χ0) is 15.7. The minimum Gasteiger partial charge on any atom is -0.456 e. The summed E-state index contributed by atoms with van der Waals surface area (Å²) in [5, 5.41) is 6.39. The predicted octanol–water partition coefficient (Wildman–Crippen LogP) is 5.82. The summed E-state index contributed by atoms with van der Waals surface area (Å²) >= 11 is 0. The first-order valence-corrected chi connectivity index (χ1v) is 9.51. The molecule has 4 aliphatic rings. The Morgan fingerprint density at radius 2 is 1.46 bits per heavy atom. The van der Waals surface area contributed by atoms with E-state index in [2.05, 4.69) is 41.7 Å². The number of nitrogens with one attached hydrogen (secondary N) is 1. The van der Waals surface area contributed by atoms with Crippen LogP contribution >= 0.6 is 0 Å². The zero-order valence-corrected chi connectivity index (χ0v) is 13.9. The van der Waals surface area contributed by atoms with E-state index >= 15 is 0 Å². The van der Waals surface area contributed by atoms with Crippen molar-refractivity contribution >= 4 is 27.6 Å². The van der Waals surface area contributed by atoms with Gasteiger partial charge in [0, 0.05) is 22.5 Å². The smallest absolute Gasteiger partial charge is 0.135 e. The Balaban J connectivity index is 1.37. The average Bonchev–Trinajstić information content (AvgIpc) is 2.95. The van der Waals surface area contributed by atoms with Crippen LogP contribution in [0.5, 0.6) is 0 Å². The third kappa shape index (κ3) is 1.89. The summed E-state index contributed by atoms with van der Waals surface area (Å²) in [6, 6.07) is 15.7. The predicted molar refractivity (Wildman–Crippen MR) is 98.2 cm³/mol. The molecule has 1 N–H and O–H groups in total. The van der Waals surface area contributed by atoms with E-state index in [4.69, 9.17) is 4.42 Å². The molecule has 0 spiro atoms. The lowest BCUT2D eigenvalue weighted by Gasteiger charge is -2.54. The zero-order valence-electron chi connectivity index (χ0n) is 13.9. The van der Waals surface area contributed by atoms with Gasteiger partial charge >= 0.3 is 0 Å². The highest BCUT2D eigenvalue weighted by atomic mass is 16.3. The molecule has 24 heavy (non-hydrogen) atoms. The summed E-state index contributed by atoms with van der Waals surface area (Å²) < 4.78 is 5.96. The fourth-order valence-corrected chi connectivity index (χ4v) is 6.17. The largest absolute Gasteiger partial charge is 0.456 e. The quantitative estimate of drug-likeness (QED) is 0.644. The molecule has 0 atom stereocenters. The summed E-state index contributed by atoms with van der Waals surface area (Å²) in [6.07, 6.45) is 7.36. The van der Waals surface area contributed by atoms with Crippen LogP contribution in [0.4, 0.5) is 5.69 Å². The first kappa shape index (κ1) is 13.3. The van der Waals surface area contributed by atoms with E-state index < -0.39 is 0 Å². The van der Waals surface area contributed by atoms with Gasteiger partial charge in [-0.05, 0) is 80.0 Å². The van der Waals surface area contributed by atoms with Crippen molar-refractivity contribution in [2.75, 3.05) is 5.32 Å². The first-order chi connectivity index (χ1) is 11.8. The molecule has 0 amide bonds. The van der Waals surface area contributed by atoms with Gasteiger partial charge in [0.05, 0.1) is 0 Å². The van der Waals surface area contributed by atoms with Crippen molar-refractivity contribution in [2.45, 2.75) is 38.1 Å². The standard InChI is InChI=1S/C22H23NO/c1-2-4-20-18(3-1)19-12-17(5-6-21(19)24-20)23-22-15-8-13-7-14(10-15)11-16(22)9-13/h1-6,12-16,22-23H,7-11H2. The van der Waals surface area contributed by atoms with Gasteiger partial charge in [-0.3, -0.25) is 0 Å². The molecule has 1 aromatic heterocycles. The number of hydrogen-bond acceptors (Lipinski definition) is 2. The van der Waals surface area contributed by atoms with Gasteiger partial charge in [-0.2, -0.15) is 0 Å². The van der Waals surface area contributed by atoms with Crippen LogP contribution in [0, 0.1) is 23.7 Å². The van der Waals surface area contributed by atoms with Gasteiger partial charge in [0.2, 0.25) is 0 Å². The number of benzene rings is 2. The van der Waals surface area contributed by atoms with Crippen molar-refractivity contribution in [3.63, 3.8) is 0 Å². The molecule has 3 aromatic rings. The van der Waals surface area contributed by atoms with Crippen molar-refractivity contribution in [1.29, 1.82) is 0 Å². The van der Waals surface area contributed by atoms with Crippen molar-refractivity contribution in [3.8, 4) is 0 Å². The number of anilines is 1. The van der Waals surface area contributed by atoms with Crippen LogP contribution in [-0.4, -0.2) is 6.04 Å². The number of hydrogen-bond donors (Lipinski definition) is 1. The molecule has 2 nitrogen and oxygen atoms in total. The van der Waals surface area contributed by atoms with Crippen LogP contribution in [0.25, 0.3) is 21.9 Å². The van der Waals surface area contributed by atoms with Crippen LogP contribution in [-0.2, 0) is 0 Å². The lowest BCUT2D eigenvalue weighted by Crippen LogP contribution is -2.51. The van der Waals surface area contributed by atoms with Gasteiger partial charge in [0.1, 0.15) is 11.2 Å². The molecular weight excluding hydrogens is 294 g/mol. The minimum absolute atomic E-state index is 0.688. The second-order valence-electron chi connectivity index (χ2n) is 8.41. The summed E-state index contributed by atoms with van der Waals surface area (Å²) in [5.74, 6) is 3.87. The molecular formula is C22H23NO. The molecule has 1 heterocycles. The van der Waals surface area contributed by atoms with E-state index in [0.717, 1.165) is 34.8 Å². The lowest BCUT2D eigenvalue weighted by atomic mass is 9.54.